The largest absolute Gasteiger partial charge is 0.352 e. The van der Waals surface area contributed by atoms with Gasteiger partial charge in [0.15, 0.2) is 0 Å². The van der Waals surface area contributed by atoms with Gasteiger partial charge in [0.05, 0.1) is 11.4 Å². The van der Waals surface area contributed by atoms with Gasteiger partial charge in [-0.25, -0.2) is 8.42 Å². The van der Waals surface area contributed by atoms with Crippen molar-refractivity contribution in [1.29, 1.82) is 0 Å². The summed E-state index contributed by atoms with van der Waals surface area (Å²) in [4.78, 5) is 24.1. The van der Waals surface area contributed by atoms with Crippen LogP contribution in [0.15, 0.2) is 23.1 Å². The lowest BCUT2D eigenvalue weighted by Gasteiger charge is -2.26. The number of carbonyl (C=O) groups is 2. The van der Waals surface area contributed by atoms with Gasteiger partial charge < -0.3 is 10.6 Å². The average molecular weight is 381 g/mol. The van der Waals surface area contributed by atoms with Crippen molar-refractivity contribution in [2.75, 3.05) is 19.6 Å². The molecule has 144 valence electrons. The molecule has 0 aliphatic carbocycles. The van der Waals surface area contributed by atoms with Crippen molar-refractivity contribution in [3.63, 3.8) is 0 Å². The predicted octanol–water partition coefficient (Wildman–Crippen LogP) is 1.42. The van der Waals surface area contributed by atoms with Crippen LogP contribution in [0, 0.1) is 6.92 Å². The first-order chi connectivity index (χ1) is 12.2. The maximum Gasteiger partial charge on any atom is 0.251 e. The predicted molar refractivity (Wildman–Crippen MR) is 99.4 cm³/mol. The Hall–Kier alpha value is -1.93. The van der Waals surface area contributed by atoms with Crippen molar-refractivity contribution in [2.45, 2.75) is 51.0 Å². The van der Waals surface area contributed by atoms with Crippen LogP contribution in [-0.4, -0.2) is 50.2 Å². The number of piperidine rings is 1. The van der Waals surface area contributed by atoms with Crippen LogP contribution >= 0.6 is 0 Å². The summed E-state index contributed by atoms with van der Waals surface area (Å²) in [5.74, 6) is -0.763. The molecule has 2 amide bonds. The number of hydrogen-bond donors (Lipinski definition) is 2. The van der Waals surface area contributed by atoms with Gasteiger partial charge in [0, 0.05) is 24.7 Å². The average Bonchev–Trinajstić information content (AvgIpc) is 2.60. The van der Waals surface area contributed by atoms with Crippen LogP contribution in [0.5, 0.6) is 0 Å². The molecule has 1 aromatic rings. The summed E-state index contributed by atoms with van der Waals surface area (Å²) >= 11 is 0. The van der Waals surface area contributed by atoms with E-state index >= 15 is 0 Å². The van der Waals surface area contributed by atoms with E-state index in [9.17, 15) is 18.0 Å². The van der Waals surface area contributed by atoms with Crippen molar-refractivity contribution in [3.05, 3.63) is 29.3 Å². The van der Waals surface area contributed by atoms with Crippen molar-refractivity contribution >= 4 is 21.8 Å². The number of hydrogen-bond acceptors (Lipinski definition) is 4. The summed E-state index contributed by atoms with van der Waals surface area (Å²) in [5, 5.41) is 5.20. The third-order valence-corrected chi connectivity index (χ3v) is 6.28. The molecule has 0 radical (unpaired) electrons. The zero-order valence-electron chi connectivity index (χ0n) is 15.5. The minimum absolute atomic E-state index is 0.0138. The molecule has 0 saturated carbocycles. The van der Waals surface area contributed by atoms with Crippen molar-refractivity contribution < 1.29 is 18.0 Å². The zero-order valence-corrected chi connectivity index (χ0v) is 16.4. The van der Waals surface area contributed by atoms with E-state index in [1.165, 1.54) is 10.4 Å². The van der Waals surface area contributed by atoms with Gasteiger partial charge in [0.1, 0.15) is 0 Å². The first-order valence-corrected chi connectivity index (χ1v) is 10.3. The lowest BCUT2D eigenvalue weighted by Crippen LogP contribution is -2.40. The molecule has 2 rings (SSSR count). The Morgan fingerprint density at radius 3 is 2.42 bits per heavy atom. The van der Waals surface area contributed by atoms with Gasteiger partial charge in [-0.05, 0) is 51.3 Å². The number of nitrogens with one attached hydrogen (secondary N) is 2. The molecule has 1 aliphatic rings. The van der Waals surface area contributed by atoms with Crippen LogP contribution in [0.4, 0.5) is 0 Å². The molecule has 8 heteroatoms. The Bertz CT molecular complexity index is 769. The Kier molecular flexibility index (Phi) is 6.77. The van der Waals surface area contributed by atoms with E-state index in [0.717, 1.165) is 19.3 Å². The van der Waals surface area contributed by atoms with Gasteiger partial charge in [-0.2, -0.15) is 4.31 Å². The molecule has 0 spiro atoms. The Morgan fingerprint density at radius 1 is 1.15 bits per heavy atom. The van der Waals surface area contributed by atoms with Gasteiger partial charge in [-0.3, -0.25) is 9.59 Å². The third-order valence-electron chi connectivity index (χ3n) is 4.24. The van der Waals surface area contributed by atoms with E-state index in [2.05, 4.69) is 10.6 Å². The number of carbonyl (C=O) groups excluding carboxylic acids is 2. The number of rotatable bonds is 6. The first kappa shape index (κ1) is 20.4. The number of amides is 2. The standard InChI is InChI=1S/C18H27N3O4S/c1-13(2)20-17(22)12-19-18(23)15-8-7-14(3)16(11-15)26(24,25)21-9-5-4-6-10-21/h7-8,11,13H,4-6,9-10,12H2,1-3H3,(H,19,23)(H,20,22). The third kappa shape index (κ3) is 5.04. The number of aryl methyl sites for hydroxylation is 1. The molecule has 26 heavy (non-hydrogen) atoms. The summed E-state index contributed by atoms with van der Waals surface area (Å²) in [6.45, 7) is 6.24. The first-order valence-electron chi connectivity index (χ1n) is 8.90. The molecule has 0 atom stereocenters. The molecule has 1 saturated heterocycles. The van der Waals surface area contributed by atoms with E-state index in [0.29, 0.717) is 18.7 Å². The van der Waals surface area contributed by atoms with Crippen molar-refractivity contribution in [3.8, 4) is 0 Å². The summed E-state index contributed by atoms with van der Waals surface area (Å²) in [5.41, 5.74) is 0.827. The molecule has 0 unspecified atom stereocenters. The molecule has 7 nitrogen and oxygen atoms in total. The van der Waals surface area contributed by atoms with Gasteiger partial charge in [0.25, 0.3) is 5.91 Å². The smallest absolute Gasteiger partial charge is 0.251 e. The van der Waals surface area contributed by atoms with Gasteiger partial charge in [0.2, 0.25) is 15.9 Å². The number of benzene rings is 1. The second kappa shape index (κ2) is 8.64. The van der Waals surface area contributed by atoms with Gasteiger partial charge in [-0.15, -0.1) is 0 Å². The van der Waals surface area contributed by atoms with Crippen LogP contribution in [0.1, 0.15) is 49.0 Å². The van der Waals surface area contributed by atoms with Crippen LogP contribution in [0.2, 0.25) is 0 Å². The van der Waals surface area contributed by atoms with Crippen LogP contribution in [0.25, 0.3) is 0 Å². The molecular weight excluding hydrogens is 354 g/mol. The molecule has 1 aliphatic heterocycles. The zero-order chi connectivity index (χ0) is 19.3. The van der Waals surface area contributed by atoms with E-state index in [1.807, 2.05) is 13.8 Å². The van der Waals surface area contributed by atoms with Gasteiger partial charge >= 0.3 is 0 Å². The maximum absolute atomic E-state index is 12.9. The summed E-state index contributed by atoms with van der Waals surface area (Å²) in [6, 6.07) is 4.58. The van der Waals surface area contributed by atoms with E-state index in [4.69, 9.17) is 0 Å². The summed E-state index contributed by atoms with van der Waals surface area (Å²) in [7, 11) is -3.62. The van der Waals surface area contributed by atoms with Crippen LogP contribution in [-0.2, 0) is 14.8 Å². The molecule has 1 aromatic carbocycles. The van der Waals surface area contributed by atoms with Crippen molar-refractivity contribution in [1.82, 2.24) is 14.9 Å². The highest BCUT2D eigenvalue weighted by Gasteiger charge is 2.28. The number of nitrogens with zero attached hydrogens (tertiary/aromatic N) is 1. The quantitative estimate of drug-likeness (QED) is 0.779. The SMILES string of the molecule is Cc1ccc(C(=O)NCC(=O)NC(C)C)cc1S(=O)(=O)N1CCCCC1. The Balaban J connectivity index is 2.16. The Labute approximate surface area is 155 Å². The molecule has 1 heterocycles. The molecule has 0 aromatic heterocycles. The fourth-order valence-electron chi connectivity index (χ4n) is 2.90. The highest BCUT2D eigenvalue weighted by molar-refractivity contribution is 7.89. The lowest BCUT2D eigenvalue weighted by molar-refractivity contribution is -0.120. The van der Waals surface area contributed by atoms with Crippen LogP contribution in [0.3, 0.4) is 0 Å². The van der Waals surface area contributed by atoms with Crippen LogP contribution < -0.4 is 10.6 Å². The summed E-state index contributed by atoms with van der Waals surface area (Å²) in [6.07, 6.45) is 2.73. The molecular formula is C18H27N3O4S. The summed E-state index contributed by atoms with van der Waals surface area (Å²) < 4.78 is 27.3. The fourth-order valence-corrected chi connectivity index (χ4v) is 4.67. The van der Waals surface area contributed by atoms with E-state index in [1.54, 1.807) is 19.1 Å². The normalized spacial score (nSPS) is 15.7. The minimum Gasteiger partial charge on any atom is -0.352 e. The van der Waals surface area contributed by atoms with E-state index < -0.39 is 15.9 Å². The highest BCUT2D eigenvalue weighted by atomic mass is 32.2. The minimum atomic E-state index is -3.62. The monoisotopic (exact) mass is 381 g/mol. The highest BCUT2D eigenvalue weighted by Crippen LogP contribution is 2.24. The molecule has 1 fully saturated rings. The van der Waals surface area contributed by atoms with Crippen molar-refractivity contribution in [2.24, 2.45) is 0 Å². The number of sulfonamides is 1. The molecule has 2 N–H and O–H groups in total. The molecule has 0 bridgehead atoms. The fraction of sp³-hybridized carbons (Fsp3) is 0.556. The second-order valence-corrected chi connectivity index (χ2v) is 8.76. The Morgan fingerprint density at radius 2 is 1.81 bits per heavy atom. The second-order valence-electron chi connectivity index (χ2n) is 6.85. The van der Waals surface area contributed by atoms with E-state index in [-0.39, 0.29) is 29.0 Å². The topological polar surface area (TPSA) is 95.6 Å². The lowest BCUT2D eigenvalue weighted by atomic mass is 10.1. The maximum atomic E-state index is 12.9. The van der Waals surface area contributed by atoms with Gasteiger partial charge in [-0.1, -0.05) is 12.5 Å².